The molecular weight excluding hydrogens is 587 g/mol. The van der Waals surface area contributed by atoms with Crippen molar-refractivity contribution in [1.82, 2.24) is 9.55 Å². The number of pyridine rings is 1. The standard InChI is InChI=1S/C29H30Cl2N4O5S/c1-29(2,3)27(28(36)37)35(41(38,39)24-16-20(30)15-21(31)17-24)22-4-6-25-19(14-22)8-9-34(25)26-7-5-23(18-32-26)33-10-12-40-13-11-33/h4-9,14-18,27H,10-13H2,1-3H3,(H,36,37). The van der Waals surface area contributed by atoms with E-state index in [1.54, 1.807) is 39.0 Å². The van der Waals surface area contributed by atoms with Gasteiger partial charge < -0.3 is 19.3 Å². The summed E-state index contributed by atoms with van der Waals surface area (Å²) in [6, 6.07) is 13.3. The number of fused-ring (bicyclic) bond motifs is 1. The minimum atomic E-state index is -4.41. The zero-order valence-corrected chi connectivity index (χ0v) is 25.1. The molecular formula is C29H30Cl2N4O5S. The van der Waals surface area contributed by atoms with Crippen molar-refractivity contribution in [2.75, 3.05) is 35.5 Å². The average Bonchev–Trinajstić information content (AvgIpc) is 3.34. The third-order valence-electron chi connectivity index (χ3n) is 6.97. The number of carboxylic acid groups (broad SMARTS) is 1. The lowest BCUT2D eigenvalue weighted by Gasteiger charge is -2.37. The number of morpholine rings is 1. The van der Waals surface area contributed by atoms with Crippen LogP contribution in [0.15, 0.2) is 71.9 Å². The summed E-state index contributed by atoms with van der Waals surface area (Å²) in [6.45, 7) is 8.02. The molecule has 2 aromatic heterocycles. The van der Waals surface area contributed by atoms with Gasteiger partial charge in [0, 0.05) is 34.7 Å². The fourth-order valence-electron chi connectivity index (χ4n) is 5.04. The van der Waals surface area contributed by atoms with Crippen molar-refractivity contribution in [3.8, 4) is 5.82 Å². The molecule has 1 fully saturated rings. The Labute approximate surface area is 248 Å². The Bertz CT molecular complexity index is 1670. The first-order valence-corrected chi connectivity index (χ1v) is 15.2. The van der Waals surface area contributed by atoms with Crippen molar-refractivity contribution in [2.45, 2.75) is 31.7 Å². The summed E-state index contributed by atoms with van der Waals surface area (Å²) in [5, 5.41) is 11.2. The van der Waals surface area contributed by atoms with Crippen LogP contribution < -0.4 is 9.21 Å². The van der Waals surface area contributed by atoms with Gasteiger partial charge >= 0.3 is 5.97 Å². The van der Waals surface area contributed by atoms with Crippen LogP contribution in [0.25, 0.3) is 16.7 Å². The molecule has 1 atom stereocenters. The molecule has 0 saturated carbocycles. The Balaban J connectivity index is 1.58. The molecule has 1 saturated heterocycles. The first-order chi connectivity index (χ1) is 19.4. The highest BCUT2D eigenvalue weighted by molar-refractivity contribution is 7.93. The summed E-state index contributed by atoms with van der Waals surface area (Å²) in [5.74, 6) is -0.586. The summed E-state index contributed by atoms with van der Waals surface area (Å²) in [6.07, 6.45) is 3.67. The number of aromatic nitrogens is 2. The maximum absolute atomic E-state index is 14.1. The topological polar surface area (TPSA) is 105 Å². The highest BCUT2D eigenvalue weighted by Crippen LogP contribution is 2.37. The predicted molar refractivity (Wildman–Crippen MR) is 161 cm³/mol. The van der Waals surface area contributed by atoms with E-state index < -0.39 is 27.4 Å². The van der Waals surface area contributed by atoms with Crippen molar-refractivity contribution in [3.05, 3.63) is 77.0 Å². The van der Waals surface area contributed by atoms with Gasteiger partial charge in [-0.15, -0.1) is 0 Å². The van der Waals surface area contributed by atoms with Crippen LogP contribution in [0.2, 0.25) is 10.0 Å². The summed E-state index contributed by atoms with van der Waals surface area (Å²) in [5.41, 5.74) is 1.03. The Hall–Kier alpha value is -3.31. The highest BCUT2D eigenvalue weighted by Gasteiger charge is 2.43. The molecule has 0 bridgehead atoms. The van der Waals surface area contributed by atoms with Crippen LogP contribution in [0.5, 0.6) is 0 Å². The molecule has 1 unspecified atom stereocenters. The zero-order valence-electron chi connectivity index (χ0n) is 22.8. The monoisotopic (exact) mass is 616 g/mol. The summed E-state index contributed by atoms with van der Waals surface area (Å²) in [7, 11) is -4.41. The van der Waals surface area contributed by atoms with Gasteiger partial charge in [0.25, 0.3) is 10.0 Å². The molecule has 0 radical (unpaired) electrons. The molecule has 41 heavy (non-hydrogen) atoms. The minimum Gasteiger partial charge on any atom is -0.480 e. The van der Waals surface area contributed by atoms with E-state index in [0.717, 1.165) is 28.6 Å². The lowest BCUT2D eigenvalue weighted by Crippen LogP contribution is -2.52. The predicted octanol–water partition coefficient (Wildman–Crippen LogP) is 5.86. The van der Waals surface area contributed by atoms with Crippen LogP contribution in [-0.2, 0) is 19.6 Å². The quantitative estimate of drug-likeness (QED) is 0.277. The number of nitrogens with zero attached hydrogens (tertiary/aromatic N) is 4. The lowest BCUT2D eigenvalue weighted by atomic mass is 9.86. The van der Waals surface area contributed by atoms with E-state index in [1.165, 1.54) is 18.2 Å². The van der Waals surface area contributed by atoms with E-state index >= 15 is 0 Å². The Morgan fingerprint density at radius 1 is 1.02 bits per heavy atom. The van der Waals surface area contributed by atoms with E-state index in [2.05, 4.69) is 9.88 Å². The van der Waals surface area contributed by atoms with Gasteiger partial charge in [0.1, 0.15) is 11.9 Å². The van der Waals surface area contributed by atoms with Crippen LogP contribution in [-0.4, -0.2) is 61.4 Å². The lowest BCUT2D eigenvalue weighted by molar-refractivity contribution is -0.140. The molecule has 5 rings (SSSR count). The molecule has 12 heteroatoms. The van der Waals surface area contributed by atoms with Gasteiger partial charge in [0.15, 0.2) is 0 Å². The molecule has 3 heterocycles. The second-order valence-electron chi connectivity index (χ2n) is 10.9. The molecule has 0 aliphatic carbocycles. The van der Waals surface area contributed by atoms with Gasteiger partial charge in [-0.2, -0.15) is 0 Å². The number of rotatable bonds is 7. The van der Waals surface area contributed by atoms with Crippen molar-refractivity contribution >= 4 is 61.5 Å². The maximum Gasteiger partial charge on any atom is 0.328 e. The Kier molecular flexibility index (Phi) is 7.95. The number of hydrogen-bond acceptors (Lipinski definition) is 6. The minimum absolute atomic E-state index is 0.123. The Morgan fingerprint density at radius 3 is 2.29 bits per heavy atom. The van der Waals surface area contributed by atoms with Crippen molar-refractivity contribution in [1.29, 1.82) is 0 Å². The second-order valence-corrected chi connectivity index (χ2v) is 13.6. The third kappa shape index (κ3) is 5.88. The number of anilines is 2. The molecule has 1 N–H and O–H groups in total. The van der Waals surface area contributed by atoms with Crippen molar-refractivity contribution in [2.24, 2.45) is 5.41 Å². The second kappa shape index (κ2) is 11.2. The van der Waals surface area contributed by atoms with Crippen LogP contribution in [0.4, 0.5) is 11.4 Å². The van der Waals surface area contributed by atoms with E-state index in [0.29, 0.717) is 24.4 Å². The van der Waals surface area contributed by atoms with Crippen LogP contribution in [0, 0.1) is 5.41 Å². The zero-order chi connectivity index (χ0) is 29.5. The molecule has 216 valence electrons. The van der Waals surface area contributed by atoms with Gasteiger partial charge in [0.2, 0.25) is 0 Å². The third-order valence-corrected chi connectivity index (χ3v) is 9.17. The fraction of sp³-hybridized carbons (Fsp3) is 0.310. The number of carbonyl (C=O) groups is 1. The number of carboxylic acids is 1. The van der Waals surface area contributed by atoms with E-state index in [1.807, 2.05) is 35.2 Å². The van der Waals surface area contributed by atoms with Crippen LogP contribution in [0.1, 0.15) is 20.8 Å². The molecule has 2 aromatic carbocycles. The van der Waals surface area contributed by atoms with Crippen LogP contribution in [0.3, 0.4) is 0 Å². The van der Waals surface area contributed by atoms with E-state index in [4.69, 9.17) is 27.9 Å². The van der Waals surface area contributed by atoms with Gasteiger partial charge in [-0.1, -0.05) is 44.0 Å². The number of sulfonamides is 1. The molecule has 0 spiro atoms. The number of aliphatic carboxylic acids is 1. The smallest absolute Gasteiger partial charge is 0.328 e. The number of ether oxygens (including phenoxy) is 1. The largest absolute Gasteiger partial charge is 0.480 e. The van der Waals surface area contributed by atoms with Crippen LogP contribution >= 0.6 is 23.2 Å². The molecule has 1 aliphatic rings. The molecule has 1 aliphatic heterocycles. The van der Waals surface area contributed by atoms with Gasteiger partial charge in [-0.25, -0.2) is 18.2 Å². The average molecular weight is 618 g/mol. The summed E-state index contributed by atoms with van der Waals surface area (Å²) in [4.78, 5) is 19.3. The maximum atomic E-state index is 14.1. The normalized spacial score (nSPS) is 15.2. The Morgan fingerprint density at radius 2 is 1.71 bits per heavy atom. The van der Waals surface area contributed by atoms with Gasteiger partial charge in [-0.3, -0.25) is 4.31 Å². The summed E-state index contributed by atoms with van der Waals surface area (Å²) < 4.78 is 36.4. The summed E-state index contributed by atoms with van der Waals surface area (Å²) >= 11 is 12.3. The molecule has 0 amide bonds. The van der Waals surface area contributed by atoms with E-state index in [-0.39, 0.29) is 20.6 Å². The molecule has 9 nitrogen and oxygen atoms in total. The number of hydrogen-bond donors (Lipinski definition) is 1. The number of benzene rings is 2. The van der Waals surface area contributed by atoms with Crippen molar-refractivity contribution in [3.63, 3.8) is 0 Å². The molecule has 4 aromatic rings. The fourth-order valence-corrected chi connectivity index (χ4v) is 7.55. The SMILES string of the molecule is CC(C)(C)C(C(=O)O)N(c1ccc2c(ccn2-c2ccc(N3CCOCC3)cn2)c1)S(=O)(=O)c1cc(Cl)cc(Cl)c1. The van der Waals surface area contributed by atoms with Gasteiger partial charge in [0.05, 0.1) is 41.2 Å². The highest BCUT2D eigenvalue weighted by atomic mass is 35.5. The first kappa shape index (κ1) is 29.2. The number of halogens is 2. The van der Waals surface area contributed by atoms with E-state index in [9.17, 15) is 18.3 Å². The van der Waals surface area contributed by atoms with Gasteiger partial charge in [-0.05, 0) is 60.0 Å². The van der Waals surface area contributed by atoms with Crippen molar-refractivity contribution < 1.29 is 23.1 Å². The first-order valence-electron chi connectivity index (χ1n) is 13.0.